The molecule has 33 heavy (non-hydrogen) atoms. The highest BCUT2D eigenvalue weighted by Crippen LogP contribution is 2.46. The van der Waals surface area contributed by atoms with Crippen LogP contribution in [0, 0.1) is 25.5 Å². The lowest BCUT2D eigenvalue weighted by molar-refractivity contribution is -0.118. The van der Waals surface area contributed by atoms with E-state index >= 15 is 0 Å². The fourth-order valence-corrected chi connectivity index (χ4v) is 4.75. The zero-order chi connectivity index (χ0) is 23.7. The molecule has 0 radical (unpaired) electrons. The smallest absolute Gasteiger partial charge is 0.247 e. The van der Waals surface area contributed by atoms with Crippen LogP contribution in [0.2, 0.25) is 0 Å². The lowest BCUT2D eigenvalue weighted by Gasteiger charge is -2.31. The minimum absolute atomic E-state index is 0.109. The molecule has 0 saturated heterocycles. The molecule has 172 valence electrons. The molecule has 3 aromatic rings. The number of amides is 1. The Hall–Kier alpha value is -3.07. The van der Waals surface area contributed by atoms with Crippen LogP contribution in [0.15, 0.2) is 35.5 Å². The fourth-order valence-electron chi connectivity index (χ4n) is 3.89. The molecular formula is C24H24F2N4O2S. The number of unbranched alkanes of at least 4 members (excludes halogenated alkanes) is 1. The van der Waals surface area contributed by atoms with Crippen molar-refractivity contribution in [2.45, 2.75) is 51.9 Å². The predicted octanol–water partition coefficient (Wildman–Crippen LogP) is 5.77. The number of anilines is 1. The van der Waals surface area contributed by atoms with E-state index in [9.17, 15) is 13.6 Å². The molecule has 1 atom stereocenters. The van der Waals surface area contributed by atoms with Crippen molar-refractivity contribution in [1.82, 2.24) is 15.2 Å². The summed E-state index contributed by atoms with van der Waals surface area (Å²) in [6.07, 6.45) is 0.745. The second-order valence-corrected chi connectivity index (χ2v) is 8.99. The number of halogens is 2. The van der Waals surface area contributed by atoms with Crippen molar-refractivity contribution in [2.24, 2.45) is 0 Å². The van der Waals surface area contributed by atoms with Gasteiger partial charge in [-0.3, -0.25) is 9.69 Å². The minimum Gasteiger partial charge on any atom is -0.447 e. The van der Waals surface area contributed by atoms with Gasteiger partial charge in [0.05, 0.1) is 11.3 Å². The van der Waals surface area contributed by atoms with Crippen LogP contribution in [0.1, 0.15) is 49.6 Å². The summed E-state index contributed by atoms with van der Waals surface area (Å²) in [6, 6.07) is 7.59. The maximum absolute atomic E-state index is 14.9. The number of thioether (sulfide) groups is 1. The Bertz CT molecular complexity index is 1220. The number of rotatable bonds is 5. The molecule has 2 heterocycles. The number of hydrogen-bond acceptors (Lipinski definition) is 6. The highest BCUT2D eigenvalue weighted by Gasteiger charge is 2.37. The Morgan fingerprint density at radius 3 is 2.73 bits per heavy atom. The molecule has 4 rings (SSSR count). The van der Waals surface area contributed by atoms with Crippen LogP contribution in [0.3, 0.4) is 0 Å². The molecule has 0 aliphatic carbocycles. The van der Waals surface area contributed by atoms with E-state index in [1.165, 1.54) is 35.7 Å². The van der Waals surface area contributed by atoms with Gasteiger partial charge in [-0.1, -0.05) is 48.9 Å². The quantitative estimate of drug-likeness (QED) is 0.348. The molecule has 0 bridgehead atoms. The fraction of sp³-hybridized carbons (Fsp3) is 0.333. The van der Waals surface area contributed by atoms with E-state index in [1.807, 2.05) is 26.0 Å². The first kappa shape index (κ1) is 23.1. The van der Waals surface area contributed by atoms with E-state index < -0.39 is 23.8 Å². The van der Waals surface area contributed by atoms with E-state index in [2.05, 4.69) is 22.1 Å². The van der Waals surface area contributed by atoms with Crippen molar-refractivity contribution in [3.8, 4) is 17.1 Å². The summed E-state index contributed by atoms with van der Waals surface area (Å²) in [4.78, 5) is 18.8. The van der Waals surface area contributed by atoms with Gasteiger partial charge in [-0.05, 0) is 38.0 Å². The highest BCUT2D eigenvalue weighted by molar-refractivity contribution is 7.99. The van der Waals surface area contributed by atoms with Crippen LogP contribution >= 0.6 is 11.8 Å². The number of benzene rings is 2. The van der Waals surface area contributed by atoms with Crippen LogP contribution < -0.4 is 9.64 Å². The molecular weight excluding hydrogens is 446 g/mol. The van der Waals surface area contributed by atoms with Crippen molar-refractivity contribution in [3.05, 3.63) is 58.7 Å². The molecule has 0 N–H and O–H groups in total. The van der Waals surface area contributed by atoms with Crippen molar-refractivity contribution in [1.29, 1.82) is 0 Å². The molecule has 1 aromatic heterocycles. The Morgan fingerprint density at radius 1 is 1.21 bits per heavy atom. The third-order valence-electron chi connectivity index (χ3n) is 5.35. The number of carbonyl (C=O) groups excluding carboxylic acids is 1. The van der Waals surface area contributed by atoms with E-state index in [4.69, 9.17) is 4.74 Å². The molecule has 6 nitrogen and oxygen atoms in total. The van der Waals surface area contributed by atoms with Gasteiger partial charge in [0.1, 0.15) is 0 Å². The highest BCUT2D eigenvalue weighted by atomic mass is 32.2. The average Bonchev–Trinajstić information content (AvgIpc) is 2.90. The number of aryl methyl sites for hydroxylation is 2. The average molecular weight is 471 g/mol. The Morgan fingerprint density at radius 2 is 2.00 bits per heavy atom. The lowest BCUT2D eigenvalue weighted by Crippen LogP contribution is -2.37. The first-order valence-corrected chi connectivity index (χ1v) is 11.7. The van der Waals surface area contributed by atoms with Gasteiger partial charge in [-0.2, -0.15) is 4.98 Å². The van der Waals surface area contributed by atoms with E-state index in [0.29, 0.717) is 22.1 Å². The molecule has 0 saturated carbocycles. The van der Waals surface area contributed by atoms with Crippen LogP contribution in [0.5, 0.6) is 5.88 Å². The van der Waals surface area contributed by atoms with Gasteiger partial charge in [-0.25, -0.2) is 8.78 Å². The lowest BCUT2D eigenvalue weighted by atomic mass is 10.00. The van der Waals surface area contributed by atoms with Crippen LogP contribution in [-0.2, 0) is 4.79 Å². The first-order valence-electron chi connectivity index (χ1n) is 10.7. The van der Waals surface area contributed by atoms with Crippen molar-refractivity contribution >= 4 is 23.4 Å². The topological polar surface area (TPSA) is 68.2 Å². The molecule has 9 heteroatoms. The van der Waals surface area contributed by atoms with E-state index in [0.717, 1.165) is 35.8 Å². The normalized spacial score (nSPS) is 14.8. The van der Waals surface area contributed by atoms with Crippen LogP contribution in [0.25, 0.3) is 11.3 Å². The Kier molecular flexibility index (Phi) is 6.60. The van der Waals surface area contributed by atoms with E-state index in [-0.39, 0.29) is 11.4 Å². The summed E-state index contributed by atoms with van der Waals surface area (Å²) >= 11 is 1.44. The summed E-state index contributed by atoms with van der Waals surface area (Å²) in [5.74, 6) is -1.57. The van der Waals surface area contributed by atoms with Gasteiger partial charge < -0.3 is 4.74 Å². The molecule has 0 spiro atoms. The predicted molar refractivity (Wildman–Crippen MR) is 123 cm³/mol. The van der Waals surface area contributed by atoms with Crippen molar-refractivity contribution < 1.29 is 18.3 Å². The maximum Gasteiger partial charge on any atom is 0.247 e. The third-order valence-corrected chi connectivity index (χ3v) is 6.27. The number of aromatic nitrogens is 3. The second kappa shape index (κ2) is 9.43. The number of ether oxygens (including phenoxy) is 1. The number of hydrogen-bond donors (Lipinski definition) is 0. The van der Waals surface area contributed by atoms with Crippen LogP contribution in [-0.4, -0.2) is 26.8 Å². The SMILES string of the molecule is CCCCSc1nnc2c(n1)OC(c1cccc(F)c1F)N(C(C)=O)c1c(C)cc(C)cc1-2. The minimum atomic E-state index is -1.27. The van der Waals surface area contributed by atoms with E-state index in [1.54, 1.807) is 0 Å². The number of carbonyl (C=O) groups is 1. The Balaban J connectivity index is 1.96. The van der Waals surface area contributed by atoms with Gasteiger partial charge >= 0.3 is 0 Å². The van der Waals surface area contributed by atoms with Gasteiger partial charge in [-0.15, -0.1) is 10.2 Å². The summed E-state index contributed by atoms with van der Waals surface area (Å²) < 4.78 is 35.2. The Labute approximate surface area is 195 Å². The molecule has 1 aliphatic heterocycles. The zero-order valence-electron chi connectivity index (χ0n) is 18.9. The van der Waals surface area contributed by atoms with Gasteiger partial charge in [0, 0.05) is 18.2 Å². The molecule has 0 fully saturated rings. The van der Waals surface area contributed by atoms with Crippen molar-refractivity contribution in [3.63, 3.8) is 0 Å². The van der Waals surface area contributed by atoms with Gasteiger partial charge in [0.25, 0.3) is 0 Å². The maximum atomic E-state index is 14.9. The number of nitrogens with zero attached hydrogens (tertiary/aromatic N) is 4. The van der Waals surface area contributed by atoms with Crippen LogP contribution in [0.4, 0.5) is 14.5 Å². The number of fused-ring (bicyclic) bond motifs is 3. The summed E-state index contributed by atoms with van der Waals surface area (Å²) in [7, 11) is 0. The third kappa shape index (κ3) is 4.42. The first-order chi connectivity index (χ1) is 15.8. The molecule has 2 aromatic carbocycles. The van der Waals surface area contributed by atoms with Crippen molar-refractivity contribution in [2.75, 3.05) is 10.7 Å². The molecule has 1 aliphatic rings. The standard InChI is InChI=1S/C24H24F2N4O2S/c1-5-6-10-33-24-27-22-20(28-29-24)17-12-13(2)11-14(3)21(17)30(15(4)31)23(32-22)16-8-7-9-18(25)19(16)26/h7-9,11-12,23H,5-6,10H2,1-4H3. The van der Waals surface area contributed by atoms with Gasteiger partial charge in [0.15, 0.2) is 17.3 Å². The summed E-state index contributed by atoms with van der Waals surface area (Å²) in [5, 5.41) is 9.05. The monoisotopic (exact) mass is 470 g/mol. The summed E-state index contributed by atoms with van der Waals surface area (Å²) in [5.41, 5.74) is 3.05. The second-order valence-electron chi connectivity index (χ2n) is 7.93. The largest absolute Gasteiger partial charge is 0.447 e. The summed E-state index contributed by atoms with van der Waals surface area (Å²) in [6.45, 7) is 7.23. The zero-order valence-corrected chi connectivity index (χ0v) is 19.7. The van der Waals surface area contributed by atoms with Gasteiger partial charge in [0.2, 0.25) is 23.2 Å². The molecule has 1 amide bonds. The molecule has 1 unspecified atom stereocenters.